The Morgan fingerprint density at radius 2 is 1.58 bits per heavy atom. The van der Waals surface area contributed by atoms with E-state index >= 15 is 0 Å². The zero-order valence-corrected chi connectivity index (χ0v) is 20.0. The summed E-state index contributed by atoms with van der Waals surface area (Å²) in [6, 6.07) is 21.9. The van der Waals surface area contributed by atoms with Gasteiger partial charge in [-0.25, -0.2) is 4.79 Å². The van der Waals surface area contributed by atoms with E-state index < -0.39 is 11.7 Å². The fourth-order valence-electron chi connectivity index (χ4n) is 5.21. The average Bonchev–Trinajstić information content (AvgIpc) is 3.27. The molecule has 8 nitrogen and oxygen atoms in total. The number of aromatic hydroxyl groups is 1. The molecule has 1 atom stereocenters. The highest BCUT2D eigenvalue weighted by atomic mass is 16.5. The van der Waals surface area contributed by atoms with Crippen LogP contribution < -0.4 is 21.3 Å². The second-order valence-electron chi connectivity index (χ2n) is 8.88. The zero-order valence-electron chi connectivity index (χ0n) is 20.0. The third kappa shape index (κ3) is 2.94. The molecule has 3 heterocycles. The Bertz CT molecular complexity index is 1780. The minimum absolute atomic E-state index is 0.120. The van der Waals surface area contributed by atoms with Gasteiger partial charge in [-0.15, -0.1) is 0 Å². The topological polar surface area (TPSA) is 90.4 Å². The lowest BCUT2D eigenvalue weighted by Gasteiger charge is -2.31. The number of nitrogens with zero attached hydrogens (tertiary/aromatic N) is 3. The van der Waals surface area contributed by atoms with Gasteiger partial charge < -0.3 is 19.7 Å². The van der Waals surface area contributed by atoms with Gasteiger partial charge in [-0.3, -0.25) is 13.9 Å². The van der Waals surface area contributed by atoms with Crippen LogP contribution in [0.3, 0.4) is 0 Å². The van der Waals surface area contributed by atoms with Crippen LogP contribution in [0.1, 0.15) is 17.3 Å². The Morgan fingerprint density at radius 3 is 2.31 bits per heavy atom. The van der Waals surface area contributed by atoms with Crippen molar-refractivity contribution in [3.8, 4) is 28.4 Å². The van der Waals surface area contributed by atoms with Gasteiger partial charge in [0.2, 0.25) is 0 Å². The molecule has 0 radical (unpaired) electrons. The summed E-state index contributed by atoms with van der Waals surface area (Å²) in [5.41, 5.74) is 4.22. The number of aromatic nitrogens is 3. The molecule has 0 spiro atoms. The Balaban J connectivity index is 1.85. The first-order chi connectivity index (χ1) is 17.4. The fourth-order valence-corrected chi connectivity index (χ4v) is 5.21. The third-order valence-corrected chi connectivity index (χ3v) is 6.94. The lowest BCUT2D eigenvalue weighted by Crippen LogP contribution is -2.37. The third-order valence-electron chi connectivity index (χ3n) is 6.94. The number of benzene rings is 3. The fraction of sp³-hybridized carbons (Fsp3) is 0.143. The second-order valence-corrected chi connectivity index (χ2v) is 8.88. The molecule has 3 aromatic carbocycles. The number of aryl methyl sites for hydroxylation is 1. The van der Waals surface area contributed by atoms with Crippen molar-refractivity contribution in [2.45, 2.75) is 6.04 Å². The van der Waals surface area contributed by atoms with Crippen LogP contribution in [-0.2, 0) is 14.1 Å². The van der Waals surface area contributed by atoms with Crippen LogP contribution in [0.2, 0.25) is 0 Å². The average molecular weight is 481 g/mol. The first kappa shape index (κ1) is 21.8. The number of anilines is 1. The Morgan fingerprint density at radius 1 is 0.889 bits per heavy atom. The lowest BCUT2D eigenvalue weighted by molar-refractivity contribution is 0.415. The Labute approximate surface area is 206 Å². The summed E-state index contributed by atoms with van der Waals surface area (Å²) in [6.07, 6.45) is 0. The lowest BCUT2D eigenvalue weighted by atomic mass is 9.98. The number of phenols is 1. The van der Waals surface area contributed by atoms with Crippen LogP contribution in [0.25, 0.3) is 27.8 Å². The van der Waals surface area contributed by atoms with E-state index in [1.807, 2.05) is 65.2 Å². The van der Waals surface area contributed by atoms with Crippen LogP contribution in [0.5, 0.6) is 11.5 Å². The number of fused-ring (bicyclic) bond motifs is 5. The number of phenolic OH excluding ortho intramolecular Hbond substituents is 1. The van der Waals surface area contributed by atoms with Gasteiger partial charge in [0, 0.05) is 19.7 Å². The highest BCUT2D eigenvalue weighted by molar-refractivity contribution is 5.99. The minimum atomic E-state index is -0.520. The molecule has 0 amide bonds. The largest absolute Gasteiger partial charge is 0.508 e. The summed E-state index contributed by atoms with van der Waals surface area (Å²) < 4.78 is 10.0. The predicted molar refractivity (Wildman–Crippen MR) is 139 cm³/mol. The highest BCUT2D eigenvalue weighted by Gasteiger charge is 2.35. The summed E-state index contributed by atoms with van der Waals surface area (Å²) in [7, 11) is 4.77. The standard InChI is InChI=1S/C28H24N4O4/c1-30-25-22(27(34)31(2)28(30)35)24(16-12-14-17(36-3)15-13-16)32-20-10-6-5-9-19(20)29-23(26(25)32)18-8-4-7-11-21(18)33/h4-15,23,29,33H,1-3H3/t23-/m1/s1. The van der Waals surface area contributed by atoms with E-state index in [-0.39, 0.29) is 11.3 Å². The minimum Gasteiger partial charge on any atom is -0.508 e. The second kappa shape index (κ2) is 7.91. The van der Waals surface area contributed by atoms with Gasteiger partial charge in [0.1, 0.15) is 11.5 Å². The number of methoxy groups -OCH3 is 1. The number of hydrogen-bond acceptors (Lipinski definition) is 5. The van der Waals surface area contributed by atoms with E-state index in [1.54, 1.807) is 26.3 Å². The summed E-state index contributed by atoms with van der Waals surface area (Å²) in [5, 5.41) is 14.8. The molecule has 2 aromatic heterocycles. The molecule has 0 fully saturated rings. The molecule has 180 valence electrons. The van der Waals surface area contributed by atoms with Gasteiger partial charge in [-0.05, 0) is 48.0 Å². The van der Waals surface area contributed by atoms with Gasteiger partial charge in [0.25, 0.3) is 5.56 Å². The SMILES string of the molecule is COc1ccc(-c2c3c(=O)n(C)c(=O)n(C)c3c3n2-c2ccccc2N[C@@H]3c2ccccc2O)cc1. The molecule has 1 aliphatic rings. The van der Waals surface area contributed by atoms with Crippen LogP contribution in [0.15, 0.2) is 82.4 Å². The van der Waals surface area contributed by atoms with Crippen LogP contribution in [0.4, 0.5) is 5.69 Å². The van der Waals surface area contributed by atoms with E-state index in [1.165, 1.54) is 11.6 Å². The van der Waals surface area contributed by atoms with Crippen molar-refractivity contribution in [2.75, 3.05) is 12.4 Å². The first-order valence-corrected chi connectivity index (χ1v) is 11.5. The van der Waals surface area contributed by atoms with Crippen molar-refractivity contribution >= 4 is 16.6 Å². The molecule has 0 saturated carbocycles. The Kier molecular flexibility index (Phi) is 4.79. The Hall–Kier alpha value is -4.72. The summed E-state index contributed by atoms with van der Waals surface area (Å²) in [6.45, 7) is 0. The number of rotatable bonds is 3. The maximum atomic E-state index is 13.7. The first-order valence-electron chi connectivity index (χ1n) is 11.5. The molecule has 0 bridgehead atoms. The maximum absolute atomic E-state index is 13.7. The van der Waals surface area contributed by atoms with Crippen LogP contribution in [-0.4, -0.2) is 25.9 Å². The quantitative estimate of drug-likeness (QED) is 0.409. The van der Waals surface area contributed by atoms with Crippen LogP contribution in [0, 0.1) is 0 Å². The summed E-state index contributed by atoms with van der Waals surface area (Å²) in [4.78, 5) is 26.8. The van der Waals surface area contributed by atoms with Gasteiger partial charge >= 0.3 is 5.69 Å². The van der Waals surface area contributed by atoms with Crippen molar-refractivity contribution in [1.29, 1.82) is 0 Å². The van der Waals surface area contributed by atoms with E-state index in [4.69, 9.17) is 4.74 Å². The monoisotopic (exact) mass is 480 g/mol. The number of hydrogen-bond donors (Lipinski definition) is 2. The van der Waals surface area contributed by atoms with E-state index in [2.05, 4.69) is 5.32 Å². The molecule has 0 saturated heterocycles. The zero-order chi connectivity index (χ0) is 25.1. The van der Waals surface area contributed by atoms with Crippen molar-refractivity contribution < 1.29 is 9.84 Å². The highest BCUT2D eigenvalue weighted by Crippen LogP contribution is 2.46. The van der Waals surface area contributed by atoms with Crippen LogP contribution >= 0.6 is 0 Å². The summed E-state index contributed by atoms with van der Waals surface area (Å²) >= 11 is 0. The maximum Gasteiger partial charge on any atom is 0.331 e. The molecule has 0 unspecified atom stereocenters. The predicted octanol–water partition coefficient (Wildman–Crippen LogP) is 3.92. The molecular formula is C28H24N4O4. The molecule has 0 aliphatic carbocycles. The van der Waals surface area contributed by atoms with Crippen molar-refractivity contribution in [1.82, 2.24) is 13.7 Å². The van der Waals surface area contributed by atoms with Crippen molar-refractivity contribution in [2.24, 2.45) is 14.1 Å². The molecule has 36 heavy (non-hydrogen) atoms. The number of nitrogens with one attached hydrogen (secondary N) is 1. The molecule has 6 rings (SSSR count). The summed E-state index contributed by atoms with van der Waals surface area (Å²) in [5.74, 6) is 0.818. The van der Waals surface area contributed by atoms with Gasteiger partial charge in [-0.2, -0.15) is 0 Å². The molecule has 5 aromatic rings. The van der Waals surface area contributed by atoms with E-state index in [9.17, 15) is 14.7 Å². The molecular weight excluding hydrogens is 456 g/mol. The molecule has 1 aliphatic heterocycles. The van der Waals surface area contributed by atoms with Gasteiger partial charge in [-0.1, -0.05) is 30.3 Å². The number of para-hydroxylation sites is 3. The van der Waals surface area contributed by atoms with Crippen molar-refractivity contribution in [3.05, 3.63) is 105 Å². The molecule has 2 N–H and O–H groups in total. The normalized spacial score (nSPS) is 14.2. The van der Waals surface area contributed by atoms with Gasteiger partial charge in [0.15, 0.2) is 0 Å². The number of ether oxygens (including phenoxy) is 1. The van der Waals surface area contributed by atoms with Crippen molar-refractivity contribution in [3.63, 3.8) is 0 Å². The molecule has 8 heteroatoms. The van der Waals surface area contributed by atoms with E-state index in [0.717, 1.165) is 21.5 Å². The smallest absolute Gasteiger partial charge is 0.331 e. The van der Waals surface area contributed by atoms with E-state index in [0.29, 0.717) is 33.6 Å². The van der Waals surface area contributed by atoms with Gasteiger partial charge in [0.05, 0.1) is 46.8 Å².